The first-order chi connectivity index (χ1) is 9.10. The van der Waals surface area contributed by atoms with Gasteiger partial charge < -0.3 is 4.98 Å². The van der Waals surface area contributed by atoms with Crippen molar-refractivity contribution in [3.63, 3.8) is 0 Å². The lowest BCUT2D eigenvalue weighted by Crippen LogP contribution is -2.29. The predicted molar refractivity (Wildman–Crippen MR) is 72.5 cm³/mol. The summed E-state index contributed by atoms with van der Waals surface area (Å²) in [4.78, 5) is 37.3. The largest absolute Gasteiger partial charge is 0.331 e. The number of nitrogens with zero attached hydrogens (tertiary/aromatic N) is 3. The van der Waals surface area contributed by atoms with Crippen molar-refractivity contribution in [1.82, 2.24) is 24.5 Å². The summed E-state index contributed by atoms with van der Waals surface area (Å²) in [5.41, 5.74) is 0.412. The third kappa shape index (κ3) is 1.80. The van der Waals surface area contributed by atoms with Crippen molar-refractivity contribution in [3.05, 3.63) is 31.2 Å². The average molecular weight is 277 g/mol. The minimum absolute atomic E-state index is 0.294. The fraction of sp³-hybridized carbons (Fsp3) is 0.273. The topological polar surface area (TPSA) is 96.4 Å². The molecule has 0 aliphatic heterocycles. The van der Waals surface area contributed by atoms with E-state index in [2.05, 4.69) is 19.9 Å². The Balaban J connectivity index is 2.34. The highest BCUT2D eigenvalue weighted by molar-refractivity contribution is 7.09. The van der Waals surface area contributed by atoms with E-state index in [1.54, 1.807) is 0 Å². The van der Waals surface area contributed by atoms with Crippen molar-refractivity contribution in [2.75, 3.05) is 0 Å². The molecule has 2 N–H and O–H groups in total. The van der Waals surface area contributed by atoms with Crippen LogP contribution in [0.15, 0.2) is 15.0 Å². The summed E-state index contributed by atoms with van der Waals surface area (Å²) in [6.07, 6.45) is 0. The van der Waals surface area contributed by atoms with Crippen LogP contribution in [-0.2, 0) is 6.54 Å². The molecule has 0 aliphatic carbocycles. The maximum atomic E-state index is 11.8. The molecule has 0 saturated heterocycles. The number of aryl methyl sites for hydroxylation is 2. The maximum absolute atomic E-state index is 11.8. The molecule has 0 atom stereocenters. The zero-order valence-corrected chi connectivity index (χ0v) is 11.2. The van der Waals surface area contributed by atoms with E-state index in [0.29, 0.717) is 29.2 Å². The Morgan fingerprint density at radius 3 is 2.74 bits per heavy atom. The van der Waals surface area contributed by atoms with Crippen LogP contribution >= 0.6 is 11.3 Å². The van der Waals surface area contributed by atoms with Gasteiger partial charge in [-0.15, -0.1) is 11.3 Å². The molecule has 0 amide bonds. The molecule has 0 saturated carbocycles. The Bertz CT molecular complexity index is 869. The Kier molecular flexibility index (Phi) is 2.59. The molecule has 3 rings (SSSR count). The lowest BCUT2D eigenvalue weighted by molar-refractivity contribution is 0.720. The van der Waals surface area contributed by atoms with Crippen molar-refractivity contribution in [2.45, 2.75) is 20.4 Å². The van der Waals surface area contributed by atoms with E-state index in [0.717, 1.165) is 5.01 Å². The highest BCUT2D eigenvalue weighted by Gasteiger charge is 2.14. The smallest absolute Gasteiger partial charge is 0.330 e. The van der Waals surface area contributed by atoms with Crippen LogP contribution in [0.4, 0.5) is 0 Å². The van der Waals surface area contributed by atoms with E-state index < -0.39 is 11.2 Å². The van der Waals surface area contributed by atoms with Crippen LogP contribution in [0.3, 0.4) is 0 Å². The van der Waals surface area contributed by atoms with E-state index in [1.165, 1.54) is 15.9 Å². The SMILES string of the molecule is CCn1c(=O)[nH]c(=O)c2[nH]c(-c3csc(C)n3)nc21. The molecule has 0 fully saturated rings. The monoisotopic (exact) mass is 277 g/mol. The molecule has 0 aliphatic rings. The standard InChI is InChI=1S/C11H11N5O2S/c1-3-16-9-7(10(17)15-11(16)18)13-8(14-9)6-4-19-5(2)12-6/h4H,3H2,1-2H3,(H,13,14)(H,15,17,18). The summed E-state index contributed by atoms with van der Waals surface area (Å²) in [5.74, 6) is 0.498. The number of aromatic amines is 2. The number of imidazole rings is 1. The molecule has 0 aromatic carbocycles. The number of fused-ring (bicyclic) bond motifs is 1. The van der Waals surface area contributed by atoms with Crippen LogP contribution in [0.1, 0.15) is 11.9 Å². The summed E-state index contributed by atoms with van der Waals surface area (Å²) in [6.45, 7) is 4.15. The van der Waals surface area contributed by atoms with Gasteiger partial charge in [-0.1, -0.05) is 0 Å². The Labute approximate surface area is 111 Å². The van der Waals surface area contributed by atoms with Crippen LogP contribution < -0.4 is 11.2 Å². The Hall–Kier alpha value is -2.22. The van der Waals surface area contributed by atoms with E-state index in [9.17, 15) is 9.59 Å². The van der Waals surface area contributed by atoms with Gasteiger partial charge in [-0.3, -0.25) is 14.3 Å². The Morgan fingerprint density at radius 2 is 2.11 bits per heavy atom. The first kappa shape index (κ1) is 11.8. The molecule has 0 spiro atoms. The van der Waals surface area contributed by atoms with Crippen molar-refractivity contribution in [1.29, 1.82) is 0 Å². The van der Waals surface area contributed by atoms with Gasteiger partial charge in [0.15, 0.2) is 11.5 Å². The van der Waals surface area contributed by atoms with Crippen molar-refractivity contribution in [3.8, 4) is 11.5 Å². The molecule has 3 aromatic rings. The molecule has 8 heteroatoms. The van der Waals surface area contributed by atoms with Crippen molar-refractivity contribution in [2.24, 2.45) is 0 Å². The molecular weight excluding hydrogens is 266 g/mol. The molecule has 7 nitrogen and oxygen atoms in total. The lowest BCUT2D eigenvalue weighted by atomic mass is 10.5. The van der Waals surface area contributed by atoms with Gasteiger partial charge in [-0.05, 0) is 13.8 Å². The van der Waals surface area contributed by atoms with E-state index >= 15 is 0 Å². The normalized spacial score (nSPS) is 11.3. The van der Waals surface area contributed by atoms with E-state index in [1.807, 2.05) is 19.2 Å². The summed E-state index contributed by atoms with van der Waals surface area (Å²) in [7, 11) is 0. The van der Waals surface area contributed by atoms with Crippen LogP contribution in [0.25, 0.3) is 22.7 Å². The first-order valence-corrected chi connectivity index (χ1v) is 6.63. The maximum Gasteiger partial charge on any atom is 0.330 e. The fourth-order valence-electron chi connectivity index (χ4n) is 1.93. The minimum atomic E-state index is -0.463. The predicted octanol–water partition coefficient (Wildman–Crippen LogP) is 0.865. The first-order valence-electron chi connectivity index (χ1n) is 5.75. The highest BCUT2D eigenvalue weighted by atomic mass is 32.1. The van der Waals surface area contributed by atoms with Crippen LogP contribution in [0.2, 0.25) is 0 Å². The molecule has 3 heterocycles. The van der Waals surface area contributed by atoms with Gasteiger partial charge in [0.25, 0.3) is 5.56 Å². The zero-order chi connectivity index (χ0) is 13.6. The molecule has 98 valence electrons. The van der Waals surface area contributed by atoms with Crippen LogP contribution in [0.5, 0.6) is 0 Å². The second kappa shape index (κ2) is 4.16. The highest BCUT2D eigenvalue weighted by Crippen LogP contribution is 2.20. The van der Waals surface area contributed by atoms with Gasteiger partial charge in [0.2, 0.25) is 0 Å². The van der Waals surface area contributed by atoms with Crippen LogP contribution in [-0.4, -0.2) is 24.5 Å². The average Bonchev–Trinajstić information content (AvgIpc) is 2.96. The third-order valence-corrected chi connectivity index (χ3v) is 3.58. The van der Waals surface area contributed by atoms with Gasteiger partial charge in [0.05, 0.1) is 5.01 Å². The second-order valence-corrected chi connectivity index (χ2v) is 5.10. The number of rotatable bonds is 2. The summed E-state index contributed by atoms with van der Waals surface area (Å²) >= 11 is 1.50. The lowest BCUT2D eigenvalue weighted by Gasteiger charge is -1.99. The fourth-order valence-corrected chi connectivity index (χ4v) is 2.53. The van der Waals surface area contributed by atoms with Gasteiger partial charge in [0.1, 0.15) is 11.2 Å². The molecule has 0 radical (unpaired) electrons. The summed E-state index contributed by atoms with van der Waals surface area (Å²) in [6, 6.07) is 0. The van der Waals surface area contributed by atoms with Gasteiger partial charge in [0, 0.05) is 11.9 Å². The van der Waals surface area contributed by atoms with Crippen LogP contribution in [0, 0.1) is 6.92 Å². The third-order valence-electron chi connectivity index (χ3n) is 2.81. The molecule has 0 unspecified atom stereocenters. The van der Waals surface area contributed by atoms with E-state index in [4.69, 9.17) is 0 Å². The number of thiazole rings is 1. The number of aromatic nitrogens is 5. The molecule has 3 aromatic heterocycles. The molecular formula is C11H11N5O2S. The second-order valence-electron chi connectivity index (χ2n) is 4.04. The number of hydrogen-bond donors (Lipinski definition) is 2. The van der Waals surface area contributed by atoms with Gasteiger partial charge >= 0.3 is 5.69 Å². The number of H-pyrrole nitrogens is 2. The van der Waals surface area contributed by atoms with Gasteiger partial charge in [-0.25, -0.2) is 14.8 Å². The van der Waals surface area contributed by atoms with E-state index in [-0.39, 0.29) is 0 Å². The van der Waals surface area contributed by atoms with Gasteiger partial charge in [-0.2, -0.15) is 0 Å². The minimum Gasteiger partial charge on any atom is -0.331 e. The Morgan fingerprint density at radius 1 is 1.32 bits per heavy atom. The molecule has 19 heavy (non-hydrogen) atoms. The van der Waals surface area contributed by atoms with Crippen molar-refractivity contribution >= 4 is 22.5 Å². The zero-order valence-electron chi connectivity index (χ0n) is 10.4. The summed E-state index contributed by atoms with van der Waals surface area (Å²) in [5, 5.41) is 2.77. The number of hydrogen-bond acceptors (Lipinski definition) is 5. The quantitative estimate of drug-likeness (QED) is 0.726. The molecule has 0 bridgehead atoms. The number of nitrogens with one attached hydrogen (secondary N) is 2. The summed E-state index contributed by atoms with van der Waals surface area (Å²) < 4.78 is 1.41. The van der Waals surface area contributed by atoms with Crippen molar-refractivity contribution < 1.29 is 0 Å².